The molecule has 1 aliphatic rings. The Hall–Kier alpha value is -2.46. The van der Waals surface area contributed by atoms with Crippen molar-refractivity contribution >= 4 is 23.7 Å². The van der Waals surface area contributed by atoms with Gasteiger partial charge in [-0.1, -0.05) is 46.8 Å². The molecule has 33 heavy (non-hydrogen) atoms. The predicted molar refractivity (Wildman–Crippen MR) is 126 cm³/mol. The molecule has 0 aromatic rings. The number of amides is 3. The molecule has 4 N–H and O–H groups in total. The van der Waals surface area contributed by atoms with E-state index in [1.165, 1.54) is 19.0 Å². The van der Waals surface area contributed by atoms with Gasteiger partial charge < -0.3 is 20.5 Å². The molecule has 5 unspecified atom stereocenters. The maximum Gasteiger partial charge on any atom is 0.322 e. The lowest BCUT2D eigenvalue weighted by atomic mass is 9.99. The van der Waals surface area contributed by atoms with Gasteiger partial charge in [0.1, 0.15) is 18.1 Å². The van der Waals surface area contributed by atoms with Crippen molar-refractivity contribution in [2.24, 2.45) is 11.8 Å². The van der Waals surface area contributed by atoms with Gasteiger partial charge in [0.05, 0.1) is 12.0 Å². The van der Waals surface area contributed by atoms with E-state index in [2.05, 4.69) is 16.1 Å². The minimum Gasteiger partial charge on any atom is -0.480 e. The first kappa shape index (κ1) is 30.5. The molecule has 5 atom stereocenters. The van der Waals surface area contributed by atoms with Crippen LogP contribution in [0.1, 0.15) is 61.3 Å². The molecule has 0 spiro atoms. The Morgan fingerprint density at radius 2 is 1.70 bits per heavy atom. The molecule has 1 fully saturated rings. The van der Waals surface area contributed by atoms with Crippen LogP contribution in [0.4, 0.5) is 0 Å². The molecule has 3 amide bonds. The highest BCUT2D eigenvalue weighted by Gasteiger charge is 2.33. The number of nitrogens with zero attached hydrogens (tertiary/aromatic N) is 1. The van der Waals surface area contributed by atoms with Gasteiger partial charge in [-0.3, -0.25) is 24.2 Å². The van der Waals surface area contributed by atoms with Crippen LogP contribution in [0.15, 0.2) is 12.2 Å². The van der Waals surface area contributed by atoms with Crippen LogP contribution in [-0.2, 0) is 23.9 Å². The fraction of sp³-hybridized carbons (Fsp3) is 0.739. The van der Waals surface area contributed by atoms with Gasteiger partial charge in [-0.15, -0.1) is 0 Å². The summed E-state index contributed by atoms with van der Waals surface area (Å²) in [6.07, 6.45) is 4.11. The van der Waals surface area contributed by atoms with Crippen LogP contribution in [0.5, 0.6) is 0 Å². The Kier molecular flexibility index (Phi) is 14.2. The third-order valence-corrected chi connectivity index (χ3v) is 5.29. The van der Waals surface area contributed by atoms with Gasteiger partial charge in [-0.05, 0) is 32.6 Å². The quantitative estimate of drug-likeness (QED) is 0.355. The Morgan fingerprint density at radius 1 is 1.09 bits per heavy atom. The van der Waals surface area contributed by atoms with Crippen molar-refractivity contribution in [1.29, 1.82) is 0 Å². The summed E-state index contributed by atoms with van der Waals surface area (Å²) in [5, 5.41) is 15.8. The zero-order chi connectivity index (χ0) is 25.7. The maximum absolute atomic E-state index is 12.8. The topological polar surface area (TPSA) is 137 Å². The van der Waals surface area contributed by atoms with Crippen LogP contribution in [0.25, 0.3) is 0 Å². The van der Waals surface area contributed by atoms with E-state index in [1.807, 2.05) is 20.8 Å². The number of nitrogens with one attached hydrogen (secondary N) is 3. The summed E-state index contributed by atoms with van der Waals surface area (Å²) in [7, 11) is 1.51. The molecular formula is C23H42N4O6. The molecular weight excluding hydrogens is 428 g/mol. The Labute approximate surface area is 197 Å². The zero-order valence-corrected chi connectivity index (χ0v) is 21.2. The standard InChI is InChI=1S/C21H36N4O6.C2H6/c1-7-9-16(31-6)13(4)18(26)23-17(12(2)3)19(27)22-14(5)20(28)25-11-8-10-15(24-25)21(29)30;1-2/h7,9,12-17,24H,8,10-11H2,1-6H3,(H,22,27)(H,23,26)(H,29,30);1-2H3/b9-7+;. The molecule has 0 aromatic heterocycles. The molecule has 1 aliphatic heterocycles. The zero-order valence-electron chi connectivity index (χ0n) is 21.2. The van der Waals surface area contributed by atoms with E-state index in [-0.39, 0.29) is 11.8 Å². The minimum absolute atomic E-state index is 0.217. The first-order valence-electron chi connectivity index (χ1n) is 11.6. The summed E-state index contributed by atoms with van der Waals surface area (Å²) >= 11 is 0. The van der Waals surface area contributed by atoms with Crippen LogP contribution in [0.3, 0.4) is 0 Å². The number of aliphatic carboxylic acids is 1. The van der Waals surface area contributed by atoms with Crippen molar-refractivity contribution in [2.75, 3.05) is 13.7 Å². The summed E-state index contributed by atoms with van der Waals surface area (Å²) in [6.45, 7) is 13.0. The predicted octanol–water partition coefficient (Wildman–Crippen LogP) is 1.47. The number of hydrogen-bond donors (Lipinski definition) is 4. The molecule has 1 saturated heterocycles. The Bertz CT molecular complexity index is 682. The van der Waals surface area contributed by atoms with Gasteiger partial charge in [0.2, 0.25) is 11.8 Å². The smallest absolute Gasteiger partial charge is 0.322 e. The summed E-state index contributed by atoms with van der Waals surface area (Å²) in [5.74, 6) is -3.01. The van der Waals surface area contributed by atoms with Crippen LogP contribution in [-0.4, -0.2) is 71.7 Å². The van der Waals surface area contributed by atoms with Crippen LogP contribution < -0.4 is 16.1 Å². The number of allylic oxidation sites excluding steroid dienone is 1. The first-order valence-corrected chi connectivity index (χ1v) is 11.6. The SMILES string of the molecule is C/C=C/C(OC)C(C)C(=O)NC(C(=O)NC(C)C(=O)N1CCCC(C(=O)O)N1)C(C)C.CC. The maximum atomic E-state index is 12.8. The molecule has 0 bridgehead atoms. The monoisotopic (exact) mass is 470 g/mol. The number of methoxy groups -OCH3 is 1. The number of hydrazine groups is 1. The molecule has 0 radical (unpaired) electrons. The van der Waals surface area contributed by atoms with E-state index < -0.39 is 47.9 Å². The lowest BCUT2D eigenvalue weighted by Crippen LogP contribution is -2.61. The summed E-state index contributed by atoms with van der Waals surface area (Å²) in [5.41, 5.74) is 2.68. The first-order chi connectivity index (χ1) is 15.5. The average molecular weight is 471 g/mol. The highest BCUT2D eigenvalue weighted by molar-refractivity contribution is 5.92. The summed E-state index contributed by atoms with van der Waals surface area (Å²) in [4.78, 5) is 49.3. The highest BCUT2D eigenvalue weighted by atomic mass is 16.5. The van der Waals surface area contributed by atoms with E-state index in [1.54, 1.807) is 32.9 Å². The van der Waals surface area contributed by atoms with Crippen molar-refractivity contribution in [3.63, 3.8) is 0 Å². The van der Waals surface area contributed by atoms with E-state index in [0.29, 0.717) is 19.4 Å². The molecule has 10 heteroatoms. The number of rotatable bonds is 10. The van der Waals surface area contributed by atoms with Crippen molar-refractivity contribution in [3.8, 4) is 0 Å². The number of carboxylic acids is 1. The third-order valence-electron chi connectivity index (χ3n) is 5.29. The summed E-state index contributed by atoms with van der Waals surface area (Å²) < 4.78 is 5.32. The average Bonchev–Trinajstić information content (AvgIpc) is 2.80. The lowest BCUT2D eigenvalue weighted by molar-refractivity contribution is -0.148. The fourth-order valence-corrected chi connectivity index (χ4v) is 3.33. The van der Waals surface area contributed by atoms with Crippen molar-refractivity contribution in [2.45, 2.75) is 85.5 Å². The largest absolute Gasteiger partial charge is 0.480 e. The molecule has 1 rings (SSSR count). The molecule has 1 heterocycles. The normalized spacial score (nSPS) is 19.7. The molecule has 10 nitrogen and oxygen atoms in total. The van der Waals surface area contributed by atoms with E-state index in [9.17, 15) is 19.2 Å². The van der Waals surface area contributed by atoms with E-state index in [0.717, 1.165) is 0 Å². The molecule has 0 aromatic carbocycles. The van der Waals surface area contributed by atoms with Crippen molar-refractivity contribution in [1.82, 2.24) is 21.1 Å². The van der Waals surface area contributed by atoms with Gasteiger partial charge >= 0.3 is 5.97 Å². The van der Waals surface area contributed by atoms with Crippen molar-refractivity contribution in [3.05, 3.63) is 12.2 Å². The number of ether oxygens (including phenoxy) is 1. The van der Waals surface area contributed by atoms with E-state index >= 15 is 0 Å². The number of carbonyl (C=O) groups excluding carboxylic acids is 3. The van der Waals surface area contributed by atoms with Crippen LogP contribution >= 0.6 is 0 Å². The molecule has 190 valence electrons. The minimum atomic E-state index is -1.03. The second kappa shape index (κ2) is 15.4. The van der Waals surface area contributed by atoms with Gasteiger partial charge in [-0.25, -0.2) is 5.43 Å². The second-order valence-corrected chi connectivity index (χ2v) is 8.13. The van der Waals surface area contributed by atoms with Crippen LogP contribution in [0.2, 0.25) is 0 Å². The lowest BCUT2D eigenvalue weighted by Gasteiger charge is -2.34. The number of carbonyl (C=O) groups is 4. The van der Waals surface area contributed by atoms with Gasteiger partial charge in [-0.2, -0.15) is 0 Å². The number of carboxylic acid groups (broad SMARTS) is 1. The van der Waals surface area contributed by atoms with Gasteiger partial charge in [0, 0.05) is 13.7 Å². The third kappa shape index (κ3) is 9.51. The highest BCUT2D eigenvalue weighted by Crippen LogP contribution is 2.12. The van der Waals surface area contributed by atoms with Gasteiger partial charge in [0.25, 0.3) is 5.91 Å². The van der Waals surface area contributed by atoms with Crippen molar-refractivity contribution < 1.29 is 29.0 Å². The van der Waals surface area contributed by atoms with Crippen LogP contribution in [0, 0.1) is 11.8 Å². The molecule has 0 saturated carbocycles. The Morgan fingerprint density at radius 3 is 2.18 bits per heavy atom. The molecule has 0 aliphatic carbocycles. The second-order valence-electron chi connectivity index (χ2n) is 8.13. The van der Waals surface area contributed by atoms with Gasteiger partial charge in [0.15, 0.2) is 0 Å². The number of hydrogen-bond acceptors (Lipinski definition) is 6. The van der Waals surface area contributed by atoms with E-state index in [4.69, 9.17) is 9.84 Å². The fourth-order valence-electron chi connectivity index (χ4n) is 3.33. The summed E-state index contributed by atoms with van der Waals surface area (Å²) in [6, 6.07) is -2.57. The Balaban J connectivity index is 0.00000497.